The molecule has 21 heavy (non-hydrogen) atoms. The molecule has 0 atom stereocenters. The van der Waals surface area contributed by atoms with E-state index >= 15 is 0 Å². The van der Waals surface area contributed by atoms with Crippen LogP contribution in [0.5, 0.6) is 0 Å². The van der Waals surface area contributed by atoms with Crippen LogP contribution in [-0.4, -0.2) is 33.1 Å². The fourth-order valence-corrected chi connectivity index (χ4v) is 1.94. The average molecular weight is 293 g/mol. The van der Waals surface area contributed by atoms with Gasteiger partial charge in [-0.3, -0.25) is 4.98 Å². The average Bonchev–Trinajstić information content (AvgIpc) is 2.94. The summed E-state index contributed by atoms with van der Waals surface area (Å²) in [4.78, 5) is 3.69. The van der Waals surface area contributed by atoms with Gasteiger partial charge in [-0.2, -0.15) is 5.10 Å². The second kappa shape index (κ2) is 4.68. The molecule has 0 saturated carbocycles. The first kappa shape index (κ1) is 7.56. The summed E-state index contributed by atoms with van der Waals surface area (Å²) in [6.45, 7) is 4.41. The molecular weight excluding hydrogens is 265 g/mol. The largest absolute Gasteiger partial charge is 0.497 e. The maximum Gasteiger partial charge on any atom is 0.497 e. The third-order valence-electron chi connectivity index (χ3n) is 3.84. The Morgan fingerprint density at radius 1 is 1.24 bits per heavy atom. The van der Waals surface area contributed by atoms with Crippen LogP contribution in [-0.2, 0) is 9.31 Å². The van der Waals surface area contributed by atoms with Crippen molar-refractivity contribution in [2.45, 2.75) is 45.7 Å². The Labute approximate surface area is 136 Å². The van der Waals surface area contributed by atoms with Crippen molar-refractivity contribution in [2.24, 2.45) is 0 Å². The Hall–Kier alpha value is -1.66. The summed E-state index contributed by atoms with van der Waals surface area (Å²) >= 11 is 0. The van der Waals surface area contributed by atoms with E-state index in [2.05, 4.69) is 10.1 Å². The standard InChI is InChI=1S/C15H20BN3O2/c1-11-8-18-19(10-11)13-9-17-7-6-12(13)16-20-14(2,3)15(4,5)21-16/h6-10H,1-5H3/i1D3,6D,7D,8D,9D,10D. The summed E-state index contributed by atoms with van der Waals surface area (Å²) in [5.41, 5.74) is -2.45. The predicted octanol–water partition coefficient (Wildman–Crippen LogP) is 1.87. The molecule has 5 nitrogen and oxygen atoms in total. The van der Waals surface area contributed by atoms with Gasteiger partial charge in [-0.1, -0.05) is 0 Å². The Morgan fingerprint density at radius 3 is 2.57 bits per heavy atom. The normalized spacial score (nSPS) is 26.0. The molecule has 110 valence electrons. The Kier molecular flexibility index (Phi) is 1.68. The number of pyridine rings is 1. The molecule has 1 aliphatic rings. The van der Waals surface area contributed by atoms with Gasteiger partial charge in [0.1, 0.15) is 0 Å². The van der Waals surface area contributed by atoms with E-state index in [4.69, 9.17) is 20.3 Å². The van der Waals surface area contributed by atoms with Gasteiger partial charge in [0.25, 0.3) is 0 Å². The molecule has 0 unspecified atom stereocenters. The minimum Gasteiger partial charge on any atom is -0.399 e. The zero-order valence-corrected chi connectivity index (χ0v) is 12.2. The lowest BCUT2D eigenvalue weighted by molar-refractivity contribution is 0.00578. The van der Waals surface area contributed by atoms with E-state index in [9.17, 15) is 0 Å². The van der Waals surface area contributed by atoms with Crippen LogP contribution in [0.2, 0.25) is 0 Å². The molecule has 0 radical (unpaired) electrons. The monoisotopic (exact) mass is 293 g/mol. The van der Waals surface area contributed by atoms with Gasteiger partial charge in [0, 0.05) is 21.9 Å². The highest BCUT2D eigenvalue weighted by molar-refractivity contribution is 6.63. The minimum absolute atomic E-state index is 0.0678. The van der Waals surface area contributed by atoms with E-state index in [1.807, 2.05) is 0 Å². The number of aromatic nitrogens is 3. The van der Waals surface area contributed by atoms with Gasteiger partial charge >= 0.3 is 7.12 Å². The van der Waals surface area contributed by atoms with Gasteiger partial charge in [0.2, 0.25) is 0 Å². The van der Waals surface area contributed by atoms with E-state index in [0.29, 0.717) is 0 Å². The number of hydrogen-bond donors (Lipinski definition) is 0. The lowest BCUT2D eigenvalue weighted by Gasteiger charge is -2.32. The summed E-state index contributed by atoms with van der Waals surface area (Å²) < 4.78 is 75.8. The molecule has 3 rings (SSSR count). The topological polar surface area (TPSA) is 49.2 Å². The number of nitrogens with zero attached hydrogens (tertiary/aromatic N) is 3. The lowest BCUT2D eigenvalue weighted by Crippen LogP contribution is -2.41. The van der Waals surface area contributed by atoms with Crippen LogP contribution in [0.1, 0.15) is 44.2 Å². The molecule has 1 aliphatic heterocycles. The molecule has 0 bridgehead atoms. The SMILES string of the molecule is [2H]c1nc([2H])c(-n2nc([2H])c(C([2H])([2H])[2H])c2[2H])c(B2OC(C)(C)C(C)(C)O2)c1[2H]. The highest BCUT2D eigenvalue weighted by atomic mass is 16.7. The summed E-state index contributed by atoms with van der Waals surface area (Å²) in [6, 6.07) is -0.397. The molecule has 0 aliphatic carbocycles. The van der Waals surface area contributed by atoms with Crippen LogP contribution in [0.25, 0.3) is 5.69 Å². The van der Waals surface area contributed by atoms with Crippen LogP contribution in [0.15, 0.2) is 30.7 Å². The van der Waals surface area contributed by atoms with Crippen LogP contribution in [0, 0.1) is 6.85 Å². The molecular formula is C15H20BN3O2. The maximum atomic E-state index is 8.31. The Balaban J connectivity index is 2.30. The third-order valence-corrected chi connectivity index (χ3v) is 3.84. The lowest BCUT2D eigenvalue weighted by atomic mass is 9.78. The molecule has 1 fully saturated rings. The fraction of sp³-hybridized carbons (Fsp3) is 0.467. The van der Waals surface area contributed by atoms with Crippen molar-refractivity contribution in [1.82, 2.24) is 14.8 Å². The first-order chi connectivity index (χ1) is 13.1. The zero-order valence-electron chi connectivity index (χ0n) is 20.2. The highest BCUT2D eigenvalue weighted by Crippen LogP contribution is 2.36. The van der Waals surface area contributed by atoms with Crippen LogP contribution < -0.4 is 5.46 Å². The van der Waals surface area contributed by atoms with Crippen LogP contribution >= 0.6 is 0 Å². The number of rotatable bonds is 2. The van der Waals surface area contributed by atoms with E-state index in [1.54, 1.807) is 27.7 Å². The highest BCUT2D eigenvalue weighted by Gasteiger charge is 2.52. The van der Waals surface area contributed by atoms with E-state index in [-0.39, 0.29) is 11.2 Å². The van der Waals surface area contributed by atoms with E-state index in [1.165, 1.54) is 0 Å². The van der Waals surface area contributed by atoms with Gasteiger partial charge < -0.3 is 9.31 Å². The summed E-state index contributed by atoms with van der Waals surface area (Å²) in [5, 5.41) is 3.80. The second-order valence-electron chi connectivity index (χ2n) is 5.82. The van der Waals surface area contributed by atoms with Crippen molar-refractivity contribution in [2.75, 3.05) is 0 Å². The van der Waals surface area contributed by atoms with Gasteiger partial charge in [-0.25, -0.2) is 4.68 Å². The molecule has 0 spiro atoms. The van der Waals surface area contributed by atoms with Crippen molar-refractivity contribution >= 4 is 12.6 Å². The molecule has 3 heterocycles. The summed E-state index contributed by atoms with van der Waals surface area (Å²) in [5.74, 6) is 0. The molecule has 1 saturated heterocycles. The maximum absolute atomic E-state index is 8.31. The van der Waals surface area contributed by atoms with Crippen LogP contribution in [0.4, 0.5) is 0 Å². The molecule has 2 aromatic rings. The zero-order chi connectivity index (χ0) is 22.1. The second-order valence-corrected chi connectivity index (χ2v) is 5.82. The van der Waals surface area contributed by atoms with Gasteiger partial charge in [-0.05, 0) is 46.2 Å². The molecule has 0 amide bonds. The smallest absolute Gasteiger partial charge is 0.399 e. The minimum atomic E-state index is -2.76. The van der Waals surface area contributed by atoms with Crippen molar-refractivity contribution < 1.29 is 20.3 Å². The molecule has 0 N–H and O–H groups in total. The summed E-state index contributed by atoms with van der Waals surface area (Å²) in [7, 11) is -1.17. The van der Waals surface area contributed by atoms with Crippen molar-refractivity contribution in [3.8, 4) is 5.69 Å². The molecule has 6 heteroatoms. The van der Waals surface area contributed by atoms with Crippen LogP contribution in [0.3, 0.4) is 0 Å². The van der Waals surface area contributed by atoms with Crippen molar-refractivity contribution in [3.05, 3.63) is 36.3 Å². The van der Waals surface area contributed by atoms with Crippen molar-refractivity contribution in [1.29, 1.82) is 0 Å². The van der Waals surface area contributed by atoms with Crippen molar-refractivity contribution in [3.63, 3.8) is 0 Å². The first-order valence-corrected chi connectivity index (χ1v) is 6.49. The predicted molar refractivity (Wildman–Crippen MR) is 81.8 cm³/mol. The molecule has 2 aromatic heterocycles. The quantitative estimate of drug-likeness (QED) is 0.793. The third kappa shape index (κ3) is 2.38. The fourth-order valence-electron chi connectivity index (χ4n) is 1.94. The Morgan fingerprint density at radius 2 is 1.95 bits per heavy atom. The number of hydrogen-bond acceptors (Lipinski definition) is 4. The molecule has 0 aromatic carbocycles. The van der Waals surface area contributed by atoms with E-state index in [0.717, 1.165) is 4.68 Å². The summed E-state index contributed by atoms with van der Waals surface area (Å²) in [6.07, 6.45) is -2.27. The van der Waals surface area contributed by atoms with E-state index < -0.39 is 61.5 Å². The van der Waals surface area contributed by atoms with Gasteiger partial charge in [0.15, 0.2) is 0 Å². The Bertz CT molecular complexity index is 973. The first-order valence-electron chi connectivity index (χ1n) is 10.5. The van der Waals surface area contributed by atoms with Gasteiger partial charge in [-0.15, -0.1) is 0 Å². The van der Waals surface area contributed by atoms with Gasteiger partial charge in [0.05, 0.1) is 36.1 Å².